The van der Waals surface area contributed by atoms with E-state index in [2.05, 4.69) is 83.4 Å². The van der Waals surface area contributed by atoms with E-state index in [0.717, 1.165) is 38.9 Å². The molecule has 9 rings (SSSR count). The van der Waals surface area contributed by atoms with Crippen LogP contribution >= 0.6 is 11.3 Å². The molecule has 0 fully saturated rings. The number of benzene rings is 5. The Morgan fingerprint density at radius 2 is 1.31 bits per heavy atom. The molecule has 0 aliphatic rings. The van der Waals surface area contributed by atoms with Crippen LogP contribution in [0, 0.1) is 0 Å². The molecule has 0 spiro atoms. The lowest BCUT2D eigenvalue weighted by atomic mass is 10.1. The van der Waals surface area contributed by atoms with Gasteiger partial charge in [-0.2, -0.15) is 0 Å². The molecule has 0 amide bonds. The van der Waals surface area contributed by atoms with Gasteiger partial charge in [0.2, 0.25) is 0 Å². The van der Waals surface area contributed by atoms with Gasteiger partial charge in [-0.25, -0.2) is 9.97 Å². The molecule has 5 aromatic carbocycles. The lowest BCUT2D eigenvalue weighted by Crippen LogP contribution is -2.01. The van der Waals surface area contributed by atoms with Gasteiger partial charge in [0.15, 0.2) is 17.2 Å². The Labute approximate surface area is 226 Å². The summed E-state index contributed by atoms with van der Waals surface area (Å²) in [6, 6.07) is 40.1. The zero-order valence-corrected chi connectivity index (χ0v) is 21.4. The lowest BCUT2D eigenvalue weighted by Gasteiger charge is -2.10. The highest BCUT2D eigenvalue weighted by molar-refractivity contribution is 7.25. The summed E-state index contributed by atoms with van der Waals surface area (Å²) in [6.07, 6.45) is 0. The van der Waals surface area contributed by atoms with Crippen LogP contribution in [0.15, 0.2) is 120 Å². The molecule has 0 unspecified atom stereocenters. The van der Waals surface area contributed by atoms with Gasteiger partial charge in [0.25, 0.3) is 0 Å². The molecule has 0 saturated carbocycles. The van der Waals surface area contributed by atoms with Crippen molar-refractivity contribution in [1.82, 2.24) is 14.5 Å². The van der Waals surface area contributed by atoms with Crippen molar-refractivity contribution < 1.29 is 4.42 Å². The molecule has 4 aromatic heterocycles. The fraction of sp³-hybridized carbons (Fsp3) is 0. The van der Waals surface area contributed by atoms with Gasteiger partial charge in [0.1, 0.15) is 11.1 Å². The third-order valence-electron chi connectivity index (χ3n) is 7.62. The quantitative estimate of drug-likeness (QED) is 0.229. The highest BCUT2D eigenvalue weighted by Gasteiger charge is 2.22. The number of hydrogen-bond acceptors (Lipinski definition) is 4. The van der Waals surface area contributed by atoms with E-state index in [0.29, 0.717) is 11.4 Å². The molecule has 0 bridgehead atoms. The van der Waals surface area contributed by atoms with Crippen molar-refractivity contribution in [2.75, 3.05) is 0 Å². The maximum atomic E-state index is 6.49. The van der Waals surface area contributed by atoms with Crippen LogP contribution in [-0.2, 0) is 0 Å². The summed E-state index contributed by atoms with van der Waals surface area (Å²) in [5.74, 6) is 1.43. The Bertz CT molecular complexity index is 2400. The number of hydrogen-bond donors (Lipinski definition) is 0. The molecule has 5 heteroatoms. The normalized spacial score (nSPS) is 12.1. The van der Waals surface area contributed by atoms with E-state index < -0.39 is 0 Å². The predicted octanol–water partition coefficient (Wildman–Crippen LogP) is 9.51. The number of furan rings is 1. The van der Waals surface area contributed by atoms with E-state index in [1.165, 1.54) is 30.9 Å². The van der Waals surface area contributed by atoms with Crippen LogP contribution < -0.4 is 0 Å². The Balaban J connectivity index is 1.47. The second-order valence-corrected chi connectivity index (χ2v) is 10.9. The summed E-state index contributed by atoms with van der Waals surface area (Å²) in [5, 5.41) is 5.96. The maximum absolute atomic E-state index is 6.49. The van der Waals surface area contributed by atoms with Crippen molar-refractivity contribution in [3.05, 3.63) is 115 Å². The maximum Gasteiger partial charge on any atom is 0.197 e. The molecule has 4 heterocycles. The minimum atomic E-state index is 0.679. The highest BCUT2D eigenvalue weighted by atomic mass is 32.1. The Kier molecular flexibility index (Phi) is 4.18. The van der Waals surface area contributed by atoms with Gasteiger partial charge in [-0.15, -0.1) is 11.3 Å². The van der Waals surface area contributed by atoms with Gasteiger partial charge in [-0.3, -0.25) is 4.57 Å². The molecule has 39 heavy (non-hydrogen) atoms. The Hall–Kier alpha value is -5.00. The summed E-state index contributed by atoms with van der Waals surface area (Å²) in [7, 11) is 0. The molecule has 0 aliphatic heterocycles. The Morgan fingerprint density at radius 1 is 0.564 bits per heavy atom. The minimum Gasteiger partial charge on any atom is -0.450 e. The first kappa shape index (κ1) is 21.0. The van der Waals surface area contributed by atoms with Gasteiger partial charge < -0.3 is 4.42 Å². The predicted molar refractivity (Wildman–Crippen MR) is 162 cm³/mol. The number of nitrogens with zero attached hydrogens (tertiary/aromatic N) is 3. The average Bonchev–Trinajstić information content (AvgIpc) is 3.65. The second kappa shape index (κ2) is 7.76. The molecular formula is C34H19N3OS. The summed E-state index contributed by atoms with van der Waals surface area (Å²) in [5.41, 5.74) is 5.49. The van der Waals surface area contributed by atoms with E-state index in [-0.39, 0.29) is 0 Å². The minimum absolute atomic E-state index is 0.679. The van der Waals surface area contributed by atoms with E-state index in [9.17, 15) is 0 Å². The van der Waals surface area contributed by atoms with Crippen LogP contribution in [0.5, 0.6) is 0 Å². The molecule has 0 N–H and O–H groups in total. The van der Waals surface area contributed by atoms with E-state index in [1.807, 2.05) is 47.7 Å². The first-order valence-corrected chi connectivity index (χ1v) is 13.7. The number of aromatic nitrogens is 3. The fourth-order valence-electron chi connectivity index (χ4n) is 5.86. The van der Waals surface area contributed by atoms with Crippen LogP contribution in [0.4, 0.5) is 0 Å². The van der Waals surface area contributed by atoms with Crippen molar-refractivity contribution in [2.45, 2.75) is 0 Å². The zero-order chi connectivity index (χ0) is 25.5. The zero-order valence-electron chi connectivity index (χ0n) is 20.6. The number of thiophene rings is 1. The number of rotatable bonds is 2. The monoisotopic (exact) mass is 517 g/mol. The van der Waals surface area contributed by atoms with Gasteiger partial charge >= 0.3 is 0 Å². The van der Waals surface area contributed by atoms with Crippen LogP contribution in [0.3, 0.4) is 0 Å². The lowest BCUT2D eigenvalue weighted by molar-refractivity contribution is 0.662. The summed E-state index contributed by atoms with van der Waals surface area (Å²) < 4.78 is 11.3. The van der Waals surface area contributed by atoms with Crippen molar-refractivity contribution in [2.24, 2.45) is 0 Å². The van der Waals surface area contributed by atoms with E-state index >= 15 is 0 Å². The van der Waals surface area contributed by atoms with Crippen molar-refractivity contribution in [3.63, 3.8) is 0 Å². The molecule has 0 radical (unpaired) electrons. The average molecular weight is 518 g/mol. The van der Waals surface area contributed by atoms with Gasteiger partial charge in [0, 0.05) is 41.9 Å². The molecule has 0 aliphatic carbocycles. The summed E-state index contributed by atoms with van der Waals surface area (Å²) in [4.78, 5) is 10.2. The van der Waals surface area contributed by atoms with Crippen molar-refractivity contribution in [1.29, 1.82) is 0 Å². The van der Waals surface area contributed by atoms with Crippen molar-refractivity contribution in [3.8, 4) is 17.2 Å². The molecule has 0 atom stereocenters. The summed E-state index contributed by atoms with van der Waals surface area (Å²) >= 11 is 1.83. The molecule has 4 nitrogen and oxygen atoms in total. The van der Waals surface area contributed by atoms with Crippen LogP contribution in [0.2, 0.25) is 0 Å². The summed E-state index contributed by atoms with van der Waals surface area (Å²) in [6.45, 7) is 0. The SMILES string of the molecule is c1ccc(-c2nc(-n3c4ccccc4c4cc5c(cc43)sc3ccccc35)c3oc4ccccc4c3n2)cc1. The largest absolute Gasteiger partial charge is 0.450 e. The number of para-hydroxylation sites is 2. The third-order valence-corrected chi connectivity index (χ3v) is 8.75. The van der Waals surface area contributed by atoms with Crippen molar-refractivity contribution >= 4 is 75.4 Å². The third kappa shape index (κ3) is 2.93. The number of fused-ring (bicyclic) bond motifs is 9. The standard InChI is InChI=1S/C34H19N3OS/c1-2-10-20(11-3-1)33-35-31-23-14-5-8-16-28(23)38-32(31)34(36-33)37-26-15-7-4-12-21(26)24-18-25-22-13-6-9-17-29(22)39-30(25)19-27(24)37/h1-19H. The first-order chi connectivity index (χ1) is 19.3. The first-order valence-electron chi connectivity index (χ1n) is 12.9. The van der Waals surface area contributed by atoms with Crippen LogP contribution in [0.25, 0.3) is 81.3 Å². The molecule has 0 saturated heterocycles. The van der Waals surface area contributed by atoms with Gasteiger partial charge in [0.05, 0.1) is 11.0 Å². The molecule has 9 aromatic rings. The smallest absolute Gasteiger partial charge is 0.197 e. The topological polar surface area (TPSA) is 43.9 Å². The second-order valence-electron chi connectivity index (χ2n) is 9.83. The fourth-order valence-corrected chi connectivity index (χ4v) is 6.98. The molecular weight excluding hydrogens is 498 g/mol. The Morgan fingerprint density at radius 3 is 2.21 bits per heavy atom. The van der Waals surface area contributed by atoms with Gasteiger partial charge in [-0.05, 0) is 36.4 Å². The van der Waals surface area contributed by atoms with Crippen LogP contribution in [-0.4, -0.2) is 14.5 Å². The highest BCUT2D eigenvalue weighted by Crippen LogP contribution is 2.42. The van der Waals surface area contributed by atoms with Gasteiger partial charge in [-0.1, -0.05) is 78.9 Å². The molecule has 182 valence electrons. The van der Waals surface area contributed by atoms with E-state index in [1.54, 1.807) is 0 Å². The van der Waals surface area contributed by atoms with Crippen LogP contribution in [0.1, 0.15) is 0 Å². The van der Waals surface area contributed by atoms with E-state index in [4.69, 9.17) is 14.4 Å².